The van der Waals surface area contributed by atoms with Crippen LogP contribution in [0.1, 0.15) is 5.56 Å². The van der Waals surface area contributed by atoms with Crippen molar-refractivity contribution in [1.82, 2.24) is 10.2 Å². The van der Waals surface area contributed by atoms with E-state index >= 15 is 0 Å². The van der Waals surface area contributed by atoms with Gasteiger partial charge in [0.2, 0.25) is 0 Å². The highest BCUT2D eigenvalue weighted by Crippen LogP contribution is 2.19. The molecule has 0 atom stereocenters. The van der Waals surface area contributed by atoms with E-state index in [4.69, 9.17) is 0 Å². The van der Waals surface area contributed by atoms with E-state index in [9.17, 15) is 8.78 Å². The summed E-state index contributed by atoms with van der Waals surface area (Å²) in [4.78, 5) is 0. The van der Waals surface area contributed by atoms with Gasteiger partial charge in [-0.25, -0.2) is 8.78 Å². The highest BCUT2D eigenvalue weighted by molar-refractivity contribution is 5.91. The van der Waals surface area contributed by atoms with Gasteiger partial charge in [-0.15, -0.1) is 5.10 Å². The van der Waals surface area contributed by atoms with Gasteiger partial charge >= 0.3 is 0 Å². The number of hydrogen-bond donors (Lipinski definition) is 1. The van der Waals surface area contributed by atoms with Crippen LogP contribution in [0.3, 0.4) is 0 Å². The molecule has 1 heterocycles. The second-order valence-electron chi connectivity index (χ2n) is 4.32. The average molecular weight is 284 g/mol. The van der Waals surface area contributed by atoms with Gasteiger partial charge in [-0.3, -0.25) is 5.43 Å². The minimum Gasteiger partial charge on any atom is -0.259 e. The molecule has 1 N–H and O–H groups in total. The molecule has 0 radical (unpaired) electrons. The zero-order chi connectivity index (χ0) is 14.7. The zero-order valence-corrected chi connectivity index (χ0v) is 10.8. The molecule has 0 aliphatic rings. The molecule has 0 fully saturated rings. The first-order valence-electron chi connectivity index (χ1n) is 6.18. The van der Waals surface area contributed by atoms with Crippen molar-refractivity contribution in [2.24, 2.45) is 5.10 Å². The minimum absolute atomic E-state index is 0.178. The molecule has 0 unspecified atom stereocenters. The minimum atomic E-state index is -0.676. The van der Waals surface area contributed by atoms with Crippen molar-refractivity contribution >= 4 is 22.8 Å². The van der Waals surface area contributed by atoms with Crippen molar-refractivity contribution in [2.75, 3.05) is 5.43 Å². The number of nitrogens with one attached hydrogen (secondary N) is 1. The third-order valence-corrected chi connectivity index (χ3v) is 2.91. The monoisotopic (exact) mass is 284 g/mol. The maximum atomic E-state index is 13.4. The van der Waals surface area contributed by atoms with Gasteiger partial charge < -0.3 is 0 Å². The van der Waals surface area contributed by atoms with Crippen LogP contribution in [0.4, 0.5) is 14.6 Å². The molecule has 0 spiro atoms. The molecule has 0 amide bonds. The molecule has 0 bridgehead atoms. The Labute approximate surface area is 119 Å². The molecule has 4 nitrogen and oxygen atoms in total. The second-order valence-corrected chi connectivity index (χ2v) is 4.32. The number of halogens is 2. The number of hydrazone groups is 1. The summed E-state index contributed by atoms with van der Waals surface area (Å²) in [6.07, 6.45) is 2.90. The molecule has 0 aliphatic heterocycles. The summed E-state index contributed by atoms with van der Waals surface area (Å²) in [6.45, 7) is 0. The summed E-state index contributed by atoms with van der Waals surface area (Å²) in [5, 5.41) is 13.5. The van der Waals surface area contributed by atoms with Crippen LogP contribution in [-0.2, 0) is 0 Å². The van der Waals surface area contributed by atoms with Gasteiger partial charge in [0.15, 0.2) is 5.82 Å². The number of rotatable bonds is 3. The van der Waals surface area contributed by atoms with Crippen LogP contribution in [0.15, 0.2) is 53.8 Å². The third kappa shape index (κ3) is 2.84. The van der Waals surface area contributed by atoms with E-state index in [2.05, 4.69) is 20.7 Å². The summed E-state index contributed by atoms with van der Waals surface area (Å²) in [7, 11) is 0. The number of hydrogen-bond acceptors (Lipinski definition) is 4. The van der Waals surface area contributed by atoms with Crippen molar-refractivity contribution < 1.29 is 8.78 Å². The topological polar surface area (TPSA) is 50.2 Å². The summed E-state index contributed by atoms with van der Waals surface area (Å²) < 4.78 is 26.2. The van der Waals surface area contributed by atoms with Crippen molar-refractivity contribution in [3.05, 3.63) is 65.9 Å². The van der Waals surface area contributed by atoms with E-state index in [1.54, 1.807) is 6.20 Å². The predicted octanol–water partition coefficient (Wildman–Crippen LogP) is 3.35. The molecule has 104 valence electrons. The summed E-state index contributed by atoms with van der Waals surface area (Å²) in [5.41, 5.74) is 2.89. The van der Waals surface area contributed by atoms with Crippen LogP contribution in [0.2, 0.25) is 0 Å². The van der Waals surface area contributed by atoms with E-state index in [0.29, 0.717) is 5.82 Å². The number of fused-ring (bicyclic) bond motifs is 1. The number of anilines is 1. The van der Waals surface area contributed by atoms with E-state index in [1.165, 1.54) is 18.3 Å². The first-order chi connectivity index (χ1) is 10.2. The third-order valence-electron chi connectivity index (χ3n) is 2.91. The van der Waals surface area contributed by atoms with Crippen molar-refractivity contribution in [2.45, 2.75) is 0 Å². The first kappa shape index (κ1) is 13.1. The van der Waals surface area contributed by atoms with Crippen LogP contribution in [0, 0.1) is 11.6 Å². The zero-order valence-electron chi connectivity index (χ0n) is 10.8. The summed E-state index contributed by atoms with van der Waals surface area (Å²) in [6, 6.07) is 10.8. The van der Waals surface area contributed by atoms with E-state index < -0.39 is 11.6 Å². The van der Waals surface area contributed by atoms with Crippen molar-refractivity contribution in [3.63, 3.8) is 0 Å². The van der Waals surface area contributed by atoms with Gasteiger partial charge in [-0.1, -0.05) is 24.3 Å². The SMILES string of the molecule is Fc1ccc(C=NNc2nncc3ccccc23)c(F)c1. The summed E-state index contributed by atoms with van der Waals surface area (Å²) in [5.74, 6) is -0.839. The molecule has 6 heteroatoms. The van der Waals surface area contributed by atoms with Crippen LogP contribution >= 0.6 is 0 Å². The van der Waals surface area contributed by atoms with Gasteiger partial charge in [0.1, 0.15) is 11.6 Å². The fourth-order valence-electron chi connectivity index (χ4n) is 1.88. The molecular formula is C15H10F2N4. The molecule has 3 rings (SSSR count). The first-order valence-corrected chi connectivity index (χ1v) is 6.18. The van der Waals surface area contributed by atoms with Crippen LogP contribution in [0.25, 0.3) is 10.8 Å². The van der Waals surface area contributed by atoms with Gasteiger partial charge in [0.25, 0.3) is 0 Å². The highest BCUT2D eigenvalue weighted by atomic mass is 19.1. The van der Waals surface area contributed by atoms with E-state index in [1.807, 2.05) is 24.3 Å². The van der Waals surface area contributed by atoms with Gasteiger partial charge in [0, 0.05) is 22.4 Å². The van der Waals surface area contributed by atoms with Crippen LogP contribution < -0.4 is 5.43 Å². The highest BCUT2D eigenvalue weighted by Gasteiger charge is 2.02. The number of benzene rings is 2. The smallest absolute Gasteiger partial charge is 0.176 e. The Balaban J connectivity index is 1.84. The molecule has 0 aliphatic carbocycles. The quantitative estimate of drug-likeness (QED) is 0.592. The Bertz CT molecular complexity index is 812. The fraction of sp³-hybridized carbons (Fsp3) is 0. The lowest BCUT2D eigenvalue weighted by Crippen LogP contribution is -1.97. The molecule has 2 aromatic carbocycles. The van der Waals surface area contributed by atoms with Gasteiger partial charge in [-0.2, -0.15) is 10.2 Å². The van der Waals surface area contributed by atoms with Crippen molar-refractivity contribution in [3.8, 4) is 0 Å². The molecule has 21 heavy (non-hydrogen) atoms. The fourth-order valence-corrected chi connectivity index (χ4v) is 1.88. The summed E-state index contributed by atoms with van der Waals surface area (Å²) >= 11 is 0. The average Bonchev–Trinajstić information content (AvgIpc) is 2.50. The van der Waals surface area contributed by atoms with Crippen LogP contribution in [-0.4, -0.2) is 16.4 Å². The standard InChI is InChI=1S/C15H10F2N4/c16-12-6-5-11(14(17)7-12)9-19-21-15-13-4-2-1-3-10(13)8-18-20-15/h1-9H,(H,20,21). The van der Waals surface area contributed by atoms with E-state index in [0.717, 1.165) is 16.8 Å². The number of aromatic nitrogens is 2. The Morgan fingerprint density at radius 1 is 1.10 bits per heavy atom. The predicted molar refractivity (Wildman–Crippen MR) is 77.1 cm³/mol. The second kappa shape index (κ2) is 5.62. The molecular weight excluding hydrogens is 274 g/mol. The Morgan fingerprint density at radius 2 is 1.95 bits per heavy atom. The van der Waals surface area contributed by atoms with Crippen LogP contribution in [0.5, 0.6) is 0 Å². The largest absolute Gasteiger partial charge is 0.259 e. The molecule has 0 saturated heterocycles. The lowest BCUT2D eigenvalue weighted by molar-refractivity contribution is 0.582. The maximum Gasteiger partial charge on any atom is 0.176 e. The Kier molecular flexibility index (Phi) is 3.51. The molecule has 1 aromatic heterocycles. The normalized spacial score (nSPS) is 11.1. The van der Waals surface area contributed by atoms with Gasteiger partial charge in [-0.05, 0) is 12.1 Å². The van der Waals surface area contributed by atoms with Crippen molar-refractivity contribution in [1.29, 1.82) is 0 Å². The van der Waals surface area contributed by atoms with Gasteiger partial charge in [0.05, 0.1) is 12.4 Å². The molecule has 0 saturated carbocycles. The number of nitrogens with zero attached hydrogens (tertiary/aromatic N) is 3. The van der Waals surface area contributed by atoms with E-state index in [-0.39, 0.29) is 5.56 Å². The molecule has 3 aromatic rings. The Hall–Kier alpha value is -2.89. The Morgan fingerprint density at radius 3 is 2.81 bits per heavy atom. The lowest BCUT2D eigenvalue weighted by atomic mass is 10.2. The lowest BCUT2D eigenvalue weighted by Gasteiger charge is -2.03. The maximum absolute atomic E-state index is 13.4.